The number of ether oxygens (including phenoxy) is 2. The largest absolute Gasteiger partial charge is 0.497 e. The normalized spacial score (nSPS) is 16.5. The van der Waals surface area contributed by atoms with Gasteiger partial charge in [0.1, 0.15) is 24.2 Å². The van der Waals surface area contributed by atoms with Gasteiger partial charge in [-0.3, -0.25) is 4.90 Å². The fourth-order valence-corrected chi connectivity index (χ4v) is 3.45. The van der Waals surface area contributed by atoms with Crippen LogP contribution in [0.4, 0.5) is 0 Å². The van der Waals surface area contributed by atoms with Crippen LogP contribution in [0.25, 0.3) is 0 Å². The summed E-state index contributed by atoms with van der Waals surface area (Å²) < 4.78 is 11.3. The van der Waals surface area contributed by atoms with Crippen molar-refractivity contribution in [3.63, 3.8) is 0 Å². The Balaban J connectivity index is 1.52. The summed E-state index contributed by atoms with van der Waals surface area (Å²) in [6.45, 7) is 6.44. The number of rotatable bonds is 10. The van der Waals surface area contributed by atoms with Crippen molar-refractivity contribution < 1.29 is 14.6 Å². The Bertz CT molecular complexity index is 733. The quantitative estimate of drug-likeness (QED) is 0.637. The molecule has 1 heterocycles. The van der Waals surface area contributed by atoms with E-state index in [1.54, 1.807) is 7.11 Å². The van der Waals surface area contributed by atoms with E-state index in [2.05, 4.69) is 34.3 Å². The number of nitrogens with zero attached hydrogens (tertiary/aromatic N) is 2. The number of aliphatic hydroxyl groups excluding tert-OH is 1. The van der Waals surface area contributed by atoms with Gasteiger partial charge in [0.05, 0.1) is 7.11 Å². The summed E-state index contributed by atoms with van der Waals surface area (Å²) in [7, 11) is 3.78. The van der Waals surface area contributed by atoms with Gasteiger partial charge in [-0.05, 0) is 18.7 Å². The van der Waals surface area contributed by atoms with Gasteiger partial charge >= 0.3 is 0 Å². The van der Waals surface area contributed by atoms with E-state index in [9.17, 15) is 5.11 Å². The summed E-state index contributed by atoms with van der Waals surface area (Å²) in [4.78, 5) is 4.60. The molecular formula is C23H33N3O3. The lowest BCUT2D eigenvalue weighted by molar-refractivity contribution is 0.0501. The molecule has 0 aliphatic carbocycles. The summed E-state index contributed by atoms with van der Waals surface area (Å²) >= 11 is 0. The highest BCUT2D eigenvalue weighted by atomic mass is 16.5. The van der Waals surface area contributed by atoms with Crippen LogP contribution in [0, 0.1) is 0 Å². The first-order valence-corrected chi connectivity index (χ1v) is 10.3. The average Bonchev–Trinajstić information content (AvgIpc) is 2.75. The molecule has 0 amide bonds. The predicted molar refractivity (Wildman–Crippen MR) is 115 cm³/mol. The highest BCUT2D eigenvalue weighted by molar-refractivity contribution is 5.40. The van der Waals surface area contributed by atoms with Crippen LogP contribution in [0.5, 0.6) is 11.5 Å². The smallest absolute Gasteiger partial charge is 0.127 e. The highest BCUT2D eigenvalue weighted by Crippen LogP contribution is 2.25. The number of methoxy groups -OCH3 is 1. The third-order valence-corrected chi connectivity index (χ3v) is 5.26. The Labute approximate surface area is 174 Å². The van der Waals surface area contributed by atoms with E-state index in [4.69, 9.17) is 9.47 Å². The van der Waals surface area contributed by atoms with Gasteiger partial charge in [-0.1, -0.05) is 36.4 Å². The first kappa shape index (κ1) is 21.6. The lowest BCUT2D eigenvalue weighted by atomic mass is 10.1. The van der Waals surface area contributed by atoms with Crippen LogP contribution >= 0.6 is 0 Å². The summed E-state index contributed by atoms with van der Waals surface area (Å²) in [5, 5.41) is 13.9. The number of piperazine rings is 1. The number of hydrogen-bond acceptors (Lipinski definition) is 6. The zero-order valence-corrected chi connectivity index (χ0v) is 17.5. The average molecular weight is 400 g/mol. The molecule has 0 radical (unpaired) electrons. The number of hydrogen-bond donors (Lipinski definition) is 2. The van der Waals surface area contributed by atoms with Crippen LogP contribution in [-0.4, -0.2) is 74.5 Å². The van der Waals surface area contributed by atoms with Gasteiger partial charge in [0.2, 0.25) is 0 Å². The van der Waals surface area contributed by atoms with Crippen molar-refractivity contribution in [2.75, 3.05) is 53.5 Å². The molecule has 0 aromatic heterocycles. The molecule has 1 aliphatic heterocycles. The molecule has 1 unspecified atom stereocenters. The molecular weight excluding hydrogens is 366 g/mol. The second-order valence-electron chi connectivity index (χ2n) is 7.63. The number of β-amino-alcohol motifs (C(OH)–C–C–N with tert-alkyl or cyclic N) is 1. The molecule has 1 aliphatic rings. The van der Waals surface area contributed by atoms with Gasteiger partial charge in [0.15, 0.2) is 0 Å². The van der Waals surface area contributed by atoms with Crippen LogP contribution in [0.2, 0.25) is 0 Å². The second kappa shape index (κ2) is 11.2. The van der Waals surface area contributed by atoms with Crippen molar-refractivity contribution in [1.82, 2.24) is 15.1 Å². The second-order valence-corrected chi connectivity index (χ2v) is 7.63. The Hall–Kier alpha value is -2.12. The van der Waals surface area contributed by atoms with Crippen molar-refractivity contribution in [3.05, 3.63) is 59.7 Å². The lowest BCUT2D eigenvalue weighted by Crippen LogP contribution is -2.47. The zero-order chi connectivity index (χ0) is 20.5. The monoisotopic (exact) mass is 399 g/mol. The molecule has 3 rings (SSSR count). The molecule has 6 nitrogen and oxygen atoms in total. The first-order valence-electron chi connectivity index (χ1n) is 10.3. The fraction of sp³-hybridized carbons (Fsp3) is 0.478. The molecule has 0 spiro atoms. The van der Waals surface area contributed by atoms with Gasteiger partial charge in [-0.25, -0.2) is 0 Å². The van der Waals surface area contributed by atoms with E-state index >= 15 is 0 Å². The minimum absolute atomic E-state index is 0.269. The lowest BCUT2D eigenvalue weighted by Gasteiger charge is -2.33. The van der Waals surface area contributed by atoms with Gasteiger partial charge < -0.3 is 24.8 Å². The van der Waals surface area contributed by atoms with Crippen molar-refractivity contribution in [2.24, 2.45) is 0 Å². The number of nitrogens with one attached hydrogen (secondary N) is 1. The summed E-state index contributed by atoms with van der Waals surface area (Å²) in [5.74, 6) is 1.50. The van der Waals surface area contributed by atoms with Crippen LogP contribution in [0.3, 0.4) is 0 Å². The SMILES string of the molecule is COc1ccc(CNCc2ccccc2)c(OCC(O)CN2CCN(C)CC2)c1. The van der Waals surface area contributed by atoms with Crippen molar-refractivity contribution in [2.45, 2.75) is 19.2 Å². The fourth-order valence-electron chi connectivity index (χ4n) is 3.45. The molecule has 1 saturated heterocycles. The molecule has 6 heteroatoms. The van der Waals surface area contributed by atoms with Crippen molar-refractivity contribution in [3.8, 4) is 11.5 Å². The number of likely N-dealkylation sites (N-methyl/N-ethyl adjacent to an activating group) is 1. The highest BCUT2D eigenvalue weighted by Gasteiger charge is 2.18. The molecule has 0 saturated carbocycles. The van der Waals surface area contributed by atoms with Gasteiger partial charge in [0, 0.05) is 57.4 Å². The van der Waals surface area contributed by atoms with E-state index in [-0.39, 0.29) is 6.61 Å². The maximum atomic E-state index is 10.4. The Morgan fingerprint density at radius 1 is 1.03 bits per heavy atom. The minimum Gasteiger partial charge on any atom is -0.497 e. The molecule has 2 aromatic carbocycles. The zero-order valence-electron chi connectivity index (χ0n) is 17.5. The van der Waals surface area contributed by atoms with Crippen molar-refractivity contribution >= 4 is 0 Å². The van der Waals surface area contributed by atoms with E-state index in [0.717, 1.165) is 49.8 Å². The van der Waals surface area contributed by atoms with E-state index < -0.39 is 6.10 Å². The standard InChI is InChI=1S/C23H33N3O3/c1-25-10-12-26(13-11-25)17-21(27)18-29-23-14-22(28-2)9-8-20(23)16-24-15-19-6-4-3-5-7-19/h3-9,14,21,24,27H,10-13,15-18H2,1-2H3. The predicted octanol–water partition coefficient (Wildman–Crippen LogP) is 1.97. The molecule has 0 bridgehead atoms. The van der Waals surface area contributed by atoms with Crippen LogP contribution in [-0.2, 0) is 13.1 Å². The molecule has 1 atom stereocenters. The third-order valence-electron chi connectivity index (χ3n) is 5.26. The maximum Gasteiger partial charge on any atom is 0.127 e. The van der Waals surface area contributed by atoms with Gasteiger partial charge in [0.25, 0.3) is 0 Å². The maximum absolute atomic E-state index is 10.4. The van der Waals surface area contributed by atoms with Gasteiger partial charge in [-0.2, -0.15) is 0 Å². The van der Waals surface area contributed by atoms with Crippen LogP contribution < -0.4 is 14.8 Å². The van der Waals surface area contributed by atoms with Gasteiger partial charge in [-0.15, -0.1) is 0 Å². The third kappa shape index (κ3) is 7.01. The van der Waals surface area contributed by atoms with E-state index in [0.29, 0.717) is 13.1 Å². The summed E-state index contributed by atoms with van der Waals surface area (Å²) in [6, 6.07) is 16.2. The summed E-state index contributed by atoms with van der Waals surface area (Å²) in [6.07, 6.45) is -0.519. The summed E-state index contributed by atoms with van der Waals surface area (Å²) in [5.41, 5.74) is 2.29. The molecule has 158 valence electrons. The van der Waals surface area contributed by atoms with E-state index in [1.165, 1.54) is 5.56 Å². The minimum atomic E-state index is -0.519. The number of benzene rings is 2. The first-order chi connectivity index (χ1) is 14.1. The van der Waals surface area contributed by atoms with Crippen molar-refractivity contribution in [1.29, 1.82) is 0 Å². The van der Waals surface area contributed by atoms with Crippen LogP contribution in [0.15, 0.2) is 48.5 Å². The Kier molecular flexibility index (Phi) is 8.31. The van der Waals surface area contributed by atoms with E-state index in [1.807, 2.05) is 36.4 Å². The molecule has 1 fully saturated rings. The van der Waals surface area contributed by atoms with Crippen LogP contribution in [0.1, 0.15) is 11.1 Å². The Morgan fingerprint density at radius 2 is 1.79 bits per heavy atom. The Morgan fingerprint density at radius 3 is 2.52 bits per heavy atom. The molecule has 29 heavy (non-hydrogen) atoms. The molecule has 2 N–H and O–H groups in total. The number of aliphatic hydroxyl groups is 1. The topological polar surface area (TPSA) is 57.2 Å². The molecule has 2 aromatic rings.